The van der Waals surface area contributed by atoms with E-state index >= 15 is 0 Å². The molecule has 19 heavy (non-hydrogen) atoms. The Morgan fingerprint density at radius 1 is 0.895 bits per heavy atom. The maximum absolute atomic E-state index is 11.8. The lowest BCUT2D eigenvalue weighted by molar-refractivity contribution is -0.289. The van der Waals surface area contributed by atoms with Crippen molar-refractivity contribution < 1.29 is 14.6 Å². The number of carbonyl (C=O) groups is 1. The topological polar surface area (TPSA) is 35.5 Å². The summed E-state index contributed by atoms with van der Waals surface area (Å²) in [6.07, 6.45) is 0. The van der Waals surface area contributed by atoms with Crippen LogP contribution in [-0.2, 0) is 20.2 Å². The van der Waals surface area contributed by atoms with Crippen LogP contribution in [0.5, 0.6) is 0 Å². The summed E-state index contributed by atoms with van der Waals surface area (Å²) in [5.41, 5.74) is 0.971. The normalized spacial score (nSPS) is 21.1. The van der Waals surface area contributed by atoms with Crippen molar-refractivity contribution in [2.45, 2.75) is 12.5 Å². The molecule has 0 amide bonds. The summed E-state index contributed by atoms with van der Waals surface area (Å²) in [7, 11) is 0. The van der Waals surface area contributed by atoms with Crippen molar-refractivity contribution in [1.82, 2.24) is 0 Å². The highest BCUT2D eigenvalue weighted by atomic mass is 17.2. The lowest BCUT2D eigenvalue weighted by Crippen LogP contribution is -2.34. The van der Waals surface area contributed by atoms with Gasteiger partial charge in [-0.05, 0) is 18.1 Å². The van der Waals surface area contributed by atoms with Crippen molar-refractivity contribution in [3.05, 3.63) is 71.8 Å². The second-order valence-electron chi connectivity index (χ2n) is 4.68. The molecule has 2 aromatic carbocycles. The van der Waals surface area contributed by atoms with Gasteiger partial charge in [0.1, 0.15) is 0 Å². The summed E-state index contributed by atoms with van der Waals surface area (Å²) in [6.45, 7) is 1.83. The first-order valence-electron chi connectivity index (χ1n) is 6.26. The largest absolute Gasteiger partial charge is 0.348 e. The van der Waals surface area contributed by atoms with E-state index in [1.54, 1.807) is 0 Å². The number of carbonyl (C=O) groups excluding carboxylic acids is 1. The Hall–Kier alpha value is -2.13. The molecule has 1 unspecified atom stereocenters. The zero-order valence-corrected chi connectivity index (χ0v) is 10.6. The molecule has 2 aromatic rings. The summed E-state index contributed by atoms with van der Waals surface area (Å²) in [5, 5.41) is 0. The van der Waals surface area contributed by atoms with Gasteiger partial charge in [0.2, 0.25) is 0 Å². The van der Waals surface area contributed by atoms with Crippen LogP contribution in [0.25, 0.3) is 0 Å². The fourth-order valence-electron chi connectivity index (χ4n) is 2.55. The Kier molecular flexibility index (Phi) is 2.84. The first-order chi connectivity index (χ1) is 9.25. The molecule has 96 valence electrons. The van der Waals surface area contributed by atoms with Crippen LogP contribution in [0, 0.1) is 5.92 Å². The third-order valence-electron chi connectivity index (χ3n) is 3.62. The zero-order valence-electron chi connectivity index (χ0n) is 10.6. The molecule has 1 aliphatic heterocycles. The fourth-order valence-corrected chi connectivity index (χ4v) is 2.55. The molecule has 0 N–H and O–H groups in total. The van der Waals surface area contributed by atoms with E-state index in [1.807, 2.05) is 67.6 Å². The molecule has 0 bridgehead atoms. The lowest BCUT2D eigenvalue weighted by atomic mass is 9.77. The molecular weight excluding hydrogens is 240 g/mol. The average molecular weight is 254 g/mol. The van der Waals surface area contributed by atoms with Gasteiger partial charge < -0.3 is 0 Å². The average Bonchev–Trinajstić information content (AvgIpc) is 2.78. The summed E-state index contributed by atoms with van der Waals surface area (Å²) < 4.78 is 0. The first-order valence-corrected chi connectivity index (χ1v) is 6.26. The Labute approximate surface area is 111 Å². The molecule has 1 heterocycles. The van der Waals surface area contributed by atoms with E-state index in [0.717, 1.165) is 11.1 Å². The van der Waals surface area contributed by atoms with Gasteiger partial charge in [0.15, 0.2) is 5.60 Å². The molecular formula is C16H14O3. The van der Waals surface area contributed by atoms with Crippen molar-refractivity contribution in [2.75, 3.05) is 0 Å². The summed E-state index contributed by atoms with van der Waals surface area (Å²) >= 11 is 0. The van der Waals surface area contributed by atoms with Crippen LogP contribution in [0.15, 0.2) is 60.7 Å². The van der Waals surface area contributed by atoms with E-state index in [9.17, 15) is 4.79 Å². The highest BCUT2D eigenvalue weighted by Crippen LogP contribution is 2.45. The second-order valence-corrected chi connectivity index (χ2v) is 4.68. The molecule has 1 fully saturated rings. The van der Waals surface area contributed by atoms with Gasteiger partial charge in [-0.1, -0.05) is 60.7 Å². The van der Waals surface area contributed by atoms with Gasteiger partial charge in [0.05, 0.1) is 5.92 Å². The minimum absolute atomic E-state index is 0.340. The maximum Gasteiger partial charge on any atom is 0.348 e. The molecule has 0 aliphatic carbocycles. The fraction of sp³-hybridized carbons (Fsp3) is 0.188. The smallest absolute Gasteiger partial charge is 0.297 e. The summed E-state index contributed by atoms with van der Waals surface area (Å²) in [5.74, 6) is -0.731. The van der Waals surface area contributed by atoms with E-state index in [-0.39, 0.29) is 5.97 Å². The number of rotatable bonds is 2. The second kappa shape index (κ2) is 4.52. The quantitative estimate of drug-likeness (QED) is 0.773. The van der Waals surface area contributed by atoms with Gasteiger partial charge in [0, 0.05) is 0 Å². The van der Waals surface area contributed by atoms with Gasteiger partial charge in [-0.2, -0.15) is 4.89 Å². The van der Waals surface area contributed by atoms with Crippen LogP contribution in [0.3, 0.4) is 0 Å². The van der Waals surface area contributed by atoms with Crippen LogP contribution in [0.4, 0.5) is 0 Å². The Morgan fingerprint density at radius 3 is 1.74 bits per heavy atom. The van der Waals surface area contributed by atoms with E-state index in [1.165, 1.54) is 0 Å². The van der Waals surface area contributed by atoms with Gasteiger partial charge in [-0.25, -0.2) is 4.79 Å². The summed E-state index contributed by atoms with van der Waals surface area (Å²) in [6, 6.07) is 19.4. The number of hydrogen-bond acceptors (Lipinski definition) is 3. The molecule has 3 nitrogen and oxygen atoms in total. The lowest BCUT2D eigenvalue weighted by Gasteiger charge is -2.28. The highest BCUT2D eigenvalue weighted by molar-refractivity contribution is 5.76. The number of hydrogen-bond donors (Lipinski definition) is 0. The minimum atomic E-state index is -0.862. The molecule has 1 atom stereocenters. The van der Waals surface area contributed by atoms with Gasteiger partial charge >= 0.3 is 5.97 Å². The standard InChI is InChI=1S/C16H14O3/c1-12-15(17)18-19-16(12,13-8-4-2-5-9-13)14-10-6-3-7-11-14/h2-12H,1H3. The van der Waals surface area contributed by atoms with E-state index < -0.39 is 11.5 Å². The third kappa shape index (κ3) is 1.74. The van der Waals surface area contributed by atoms with Crippen LogP contribution in [0.2, 0.25) is 0 Å². The van der Waals surface area contributed by atoms with Crippen molar-refractivity contribution in [1.29, 1.82) is 0 Å². The van der Waals surface area contributed by atoms with Crippen LogP contribution in [-0.4, -0.2) is 5.97 Å². The van der Waals surface area contributed by atoms with Gasteiger partial charge in [-0.15, -0.1) is 0 Å². The Balaban J connectivity index is 2.20. The summed E-state index contributed by atoms with van der Waals surface area (Å²) in [4.78, 5) is 22.1. The third-order valence-corrected chi connectivity index (χ3v) is 3.62. The monoisotopic (exact) mass is 254 g/mol. The maximum atomic E-state index is 11.8. The molecule has 1 saturated heterocycles. The van der Waals surface area contributed by atoms with Crippen molar-refractivity contribution in [3.63, 3.8) is 0 Å². The molecule has 0 radical (unpaired) electrons. The Bertz CT molecular complexity index is 538. The predicted molar refractivity (Wildman–Crippen MR) is 70.0 cm³/mol. The molecule has 3 rings (SSSR count). The molecule has 0 aromatic heterocycles. The van der Waals surface area contributed by atoms with Crippen molar-refractivity contribution in [3.8, 4) is 0 Å². The van der Waals surface area contributed by atoms with E-state index in [2.05, 4.69) is 0 Å². The van der Waals surface area contributed by atoms with Crippen molar-refractivity contribution in [2.24, 2.45) is 5.92 Å². The van der Waals surface area contributed by atoms with E-state index in [4.69, 9.17) is 9.78 Å². The highest BCUT2D eigenvalue weighted by Gasteiger charge is 2.53. The Morgan fingerprint density at radius 2 is 1.37 bits per heavy atom. The molecule has 3 heteroatoms. The van der Waals surface area contributed by atoms with Crippen LogP contribution < -0.4 is 0 Å². The predicted octanol–water partition coefficient (Wildman–Crippen LogP) is 3.05. The SMILES string of the molecule is CC1C(=O)OOC1(c1ccccc1)c1ccccc1. The first kappa shape index (κ1) is 11.9. The van der Waals surface area contributed by atoms with Gasteiger partial charge in [-0.3, -0.25) is 4.89 Å². The number of benzene rings is 2. The van der Waals surface area contributed by atoms with Crippen LogP contribution in [0.1, 0.15) is 18.1 Å². The van der Waals surface area contributed by atoms with Crippen molar-refractivity contribution >= 4 is 5.97 Å². The molecule has 1 aliphatic rings. The molecule has 0 spiro atoms. The van der Waals surface area contributed by atoms with Gasteiger partial charge in [0.25, 0.3) is 0 Å². The van der Waals surface area contributed by atoms with E-state index in [0.29, 0.717) is 0 Å². The van der Waals surface area contributed by atoms with Crippen LogP contribution >= 0.6 is 0 Å². The zero-order chi connectivity index (χ0) is 13.3. The molecule has 0 saturated carbocycles. The minimum Gasteiger partial charge on any atom is -0.297 e.